The van der Waals surface area contributed by atoms with Crippen LogP contribution in [0, 0.1) is 6.92 Å². The van der Waals surface area contributed by atoms with Crippen LogP contribution < -0.4 is 0 Å². The van der Waals surface area contributed by atoms with Crippen molar-refractivity contribution in [1.29, 1.82) is 0 Å². The molecule has 1 aromatic rings. The van der Waals surface area contributed by atoms with Gasteiger partial charge in [0, 0.05) is 6.26 Å². The first-order valence-electron chi connectivity index (χ1n) is 4.26. The largest absolute Gasteiger partial charge is 0.465 e. The van der Waals surface area contributed by atoms with Crippen LogP contribution in [0.15, 0.2) is 23.1 Å². The molecule has 0 spiro atoms. The SMILES string of the molecule is COC(=O)c1cccc(S(C)(=O)=O)c1C. The van der Waals surface area contributed by atoms with Crippen LogP contribution in [0.2, 0.25) is 0 Å². The molecule has 82 valence electrons. The lowest BCUT2D eigenvalue weighted by molar-refractivity contribution is 0.0599. The molecule has 0 unspecified atom stereocenters. The highest BCUT2D eigenvalue weighted by atomic mass is 32.2. The topological polar surface area (TPSA) is 60.4 Å². The number of ether oxygens (including phenoxy) is 1. The minimum absolute atomic E-state index is 0.158. The number of sulfone groups is 1. The molecule has 0 bridgehead atoms. The predicted molar refractivity (Wildman–Crippen MR) is 55.6 cm³/mol. The van der Waals surface area contributed by atoms with Crippen molar-refractivity contribution in [2.24, 2.45) is 0 Å². The number of hydrogen-bond donors (Lipinski definition) is 0. The average molecular weight is 228 g/mol. The third-order valence-corrected chi connectivity index (χ3v) is 3.33. The molecule has 0 aromatic heterocycles. The van der Waals surface area contributed by atoms with E-state index in [1.54, 1.807) is 6.92 Å². The van der Waals surface area contributed by atoms with E-state index in [2.05, 4.69) is 4.74 Å². The molecule has 1 rings (SSSR count). The molecule has 0 saturated heterocycles. The van der Waals surface area contributed by atoms with Gasteiger partial charge in [-0.15, -0.1) is 0 Å². The maximum Gasteiger partial charge on any atom is 0.338 e. The van der Waals surface area contributed by atoms with E-state index in [4.69, 9.17) is 0 Å². The average Bonchev–Trinajstić information content (AvgIpc) is 2.15. The number of benzene rings is 1. The number of hydrogen-bond acceptors (Lipinski definition) is 4. The van der Waals surface area contributed by atoms with Crippen molar-refractivity contribution in [3.05, 3.63) is 29.3 Å². The number of esters is 1. The summed E-state index contributed by atoms with van der Waals surface area (Å²) in [5.74, 6) is -0.530. The van der Waals surface area contributed by atoms with Crippen molar-refractivity contribution < 1.29 is 17.9 Å². The van der Waals surface area contributed by atoms with Crippen LogP contribution in [0.25, 0.3) is 0 Å². The molecule has 0 aliphatic carbocycles. The molecule has 0 fully saturated rings. The highest BCUT2D eigenvalue weighted by molar-refractivity contribution is 7.90. The van der Waals surface area contributed by atoms with Crippen molar-refractivity contribution in [2.45, 2.75) is 11.8 Å². The van der Waals surface area contributed by atoms with Crippen LogP contribution in [0.5, 0.6) is 0 Å². The lowest BCUT2D eigenvalue weighted by Gasteiger charge is -2.07. The zero-order valence-corrected chi connectivity index (χ0v) is 9.59. The molecule has 0 N–H and O–H groups in total. The van der Waals surface area contributed by atoms with E-state index in [0.29, 0.717) is 5.56 Å². The molecule has 0 amide bonds. The van der Waals surface area contributed by atoms with E-state index < -0.39 is 15.8 Å². The standard InChI is InChI=1S/C10H12O4S/c1-7-8(10(11)14-2)5-4-6-9(7)15(3,12)13/h4-6H,1-3H3. The van der Waals surface area contributed by atoms with Crippen LogP contribution in [0.4, 0.5) is 0 Å². The van der Waals surface area contributed by atoms with Gasteiger partial charge in [0.05, 0.1) is 17.6 Å². The zero-order chi connectivity index (χ0) is 11.6. The lowest BCUT2D eigenvalue weighted by Crippen LogP contribution is -2.08. The van der Waals surface area contributed by atoms with Crippen molar-refractivity contribution in [2.75, 3.05) is 13.4 Å². The molecule has 0 heterocycles. The molecule has 15 heavy (non-hydrogen) atoms. The maximum absolute atomic E-state index is 11.4. The summed E-state index contributed by atoms with van der Waals surface area (Å²) in [6.07, 6.45) is 1.11. The van der Waals surface area contributed by atoms with Gasteiger partial charge in [-0.1, -0.05) is 6.07 Å². The Morgan fingerprint density at radius 3 is 2.40 bits per heavy atom. The van der Waals surface area contributed by atoms with Crippen molar-refractivity contribution in [3.8, 4) is 0 Å². The summed E-state index contributed by atoms with van der Waals surface area (Å²) in [6, 6.07) is 4.53. The number of rotatable bonds is 2. The van der Waals surface area contributed by atoms with E-state index in [0.717, 1.165) is 6.26 Å². The Morgan fingerprint density at radius 2 is 1.93 bits per heavy atom. The van der Waals surface area contributed by atoms with Crippen LogP contribution in [0.3, 0.4) is 0 Å². The predicted octanol–water partition coefficient (Wildman–Crippen LogP) is 1.19. The normalized spacial score (nSPS) is 11.1. The fraction of sp³-hybridized carbons (Fsp3) is 0.300. The Morgan fingerprint density at radius 1 is 1.33 bits per heavy atom. The smallest absolute Gasteiger partial charge is 0.338 e. The quantitative estimate of drug-likeness (QED) is 0.713. The van der Waals surface area contributed by atoms with Gasteiger partial charge in [-0.25, -0.2) is 13.2 Å². The van der Waals surface area contributed by atoms with Crippen LogP contribution >= 0.6 is 0 Å². The summed E-state index contributed by atoms with van der Waals surface area (Å²) < 4.78 is 27.3. The van der Waals surface area contributed by atoms with Crippen molar-refractivity contribution in [3.63, 3.8) is 0 Å². The minimum atomic E-state index is -3.31. The summed E-state index contributed by atoms with van der Waals surface area (Å²) in [4.78, 5) is 11.5. The van der Waals surface area contributed by atoms with Crippen molar-refractivity contribution >= 4 is 15.8 Å². The summed E-state index contributed by atoms with van der Waals surface area (Å²) in [5, 5.41) is 0. The Labute approximate surface area is 88.8 Å². The summed E-state index contributed by atoms with van der Waals surface area (Å²) in [5.41, 5.74) is 0.701. The van der Waals surface area contributed by atoms with Crippen molar-refractivity contribution in [1.82, 2.24) is 0 Å². The number of methoxy groups -OCH3 is 1. The van der Waals surface area contributed by atoms with Gasteiger partial charge in [-0.3, -0.25) is 0 Å². The van der Waals surface area contributed by atoms with Crippen LogP contribution in [-0.4, -0.2) is 27.8 Å². The third kappa shape index (κ3) is 2.36. The van der Waals surface area contributed by atoms with Gasteiger partial charge in [0.15, 0.2) is 9.84 Å². The van der Waals surface area contributed by atoms with Gasteiger partial charge in [-0.05, 0) is 24.6 Å². The molecular formula is C10H12O4S. The van der Waals surface area contributed by atoms with Crippen LogP contribution in [0.1, 0.15) is 15.9 Å². The second kappa shape index (κ2) is 4.02. The molecule has 0 saturated carbocycles. The van der Waals surface area contributed by atoms with Gasteiger partial charge in [0.1, 0.15) is 0 Å². The Balaban J connectivity index is 3.43. The molecule has 0 aliphatic heterocycles. The minimum Gasteiger partial charge on any atom is -0.465 e. The maximum atomic E-state index is 11.4. The third-order valence-electron chi connectivity index (χ3n) is 2.09. The number of carbonyl (C=O) groups is 1. The Bertz CT molecular complexity index is 488. The lowest BCUT2D eigenvalue weighted by atomic mass is 10.1. The molecule has 0 atom stereocenters. The molecule has 4 nitrogen and oxygen atoms in total. The first-order chi connectivity index (χ1) is 6.88. The first-order valence-corrected chi connectivity index (χ1v) is 6.15. The second-order valence-corrected chi connectivity index (χ2v) is 5.18. The van der Waals surface area contributed by atoms with Gasteiger partial charge in [-0.2, -0.15) is 0 Å². The highest BCUT2D eigenvalue weighted by Crippen LogP contribution is 2.19. The molecular weight excluding hydrogens is 216 g/mol. The molecule has 0 radical (unpaired) electrons. The highest BCUT2D eigenvalue weighted by Gasteiger charge is 2.17. The second-order valence-electron chi connectivity index (χ2n) is 3.19. The summed E-state index contributed by atoms with van der Waals surface area (Å²) >= 11 is 0. The van der Waals surface area contributed by atoms with Gasteiger partial charge in [0.2, 0.25) is 0 Å². The zero-order valence-electron chi connectivity index (χ0n) is 8.77. The monoisotopic (exact) mass is 228 g/mol. The molecule has 0 aliphatic rings. The first kappa shape index (κ1) is 11.7. The molecule has 1 aromatic carbocycles. The van der Waals surface area contributed by atoms with Crippen LogP contribution in [-0.2, 0) is 14.6 Å². The molecule has 5 heteroatoms. The van der Waals surface area contributed by atoms with Gasteiger partial charge < -0.3 is 4.74 Å². The fourth-order valence-corrected chi connectivity index (χ4v) is 2.34. The summed E-state index contributed by atoms with van der Waals surface area (Å²) in [7, 11) is -2.05. The fourth-order valence-electron chi connectivity index (χ4n) is 1.35. The number of carbonyl (C=O) groups excluding carboxylic acids is 1. The van der Waals surface area contributed by atoms with E-state index in [1.165, 1.54) is 25.3 Å². The van der Waals surface area contributed by atoms with Gasteiger partial charge in [0.25, 0.3) is 0 Å². The van der Waals surface area contributed by atoms with E-state index in [-0.39, 0.29) is 10.5 Å². The van der Waals surface area contributed by atoms with E-state index in [1.807, 2.05) is 0 Å². The Kier molecular flexibility index (Phi) is 3.14. The Hall–Kier alpha value is -1.36. The van der Waals surface area contributed by atoms with E-state index >= 15 is 0 Å². The van der Waals surface area contributed by atoms with Gasteiger partial charge >= 0.3 is 5.97 Å². The van der Waals surface area contributed by atoms with E-state index in [9.17, 15) is 13.2 Å². The summed E-state index contributed by atoms with van der Waals surface area (Å²) in [6.45, 7) is 1.59.